The summed E-state index contributed by atoms with van der Waals surface area (Å²) in [5.74, 6) is 0.801. The van der Waals surface area contributed by atoms with E-state index in [9.17, 15) is 10.2 Å². The molecule has 128 valence electrons. The van der Waals surface area contributed by atoms with Gasteiger partial charge in [-0.1, -0.05) is 24.3 Å². The van der Waals surface area contributed by atoms with Gasteiger partial charge < -0.3 is 19.8 Å². The van der Waals surface area contributed by atoms with Gasteiger partial charge in [0.15, 0.2) is 0 Å². The zero-order chi connectivity index (χ0) is 17.6. The van der Waals surface area contributed by atoms with Crippen LogP contribution < -0.4 is 9.64 Å². The molecule has 3 rings (SSSR count). The van der Waals surface area contributed by atoms with Gasteiger partial charge in [0.05, 0.1) is 20.3 Å². The molecular formula is C21H21NO3. The fraction of sp³-hybridized carbons (Fsp3) is 0.143. The highest BCUT2D eigenvalue weighted by Crippen LogP contribution is 2.35. The molecule has 0 saturated heterocycles. The highest BCUT2D eigenvalue weighted by atomic mass is 16.5. The van der Waals surface area contributed by atoms with Crippen molar-refractivity contribution in [2.45, 2.75) is 13.2 Å². The van der Waals surface area contributed by atoms with Crippen molar-refractivity contribution in [1.29, 1.82) is 0 Å². The minimum atomic E-state index is 0.0218. The zero-order valence-electron chi connectivity index (χ0n) is 14.1. The fourth-order valence-corrected chi connectivity index (χ4v) is 2.68. The second-order valence-electron chi connectivity index (χ2n) is 5.68. The topological polar surface area (TPSA) is 52.9 Å². The van der Waals surface area contributed by atoms with E-state index in [1.807, 2.05) is 72.8 Å². The largest absolute Gasteiger partial charge is 0.497 e. The molecule has 0 amide bonds. The number of ether oxygens (including phenoxy) is 1. The third-order valence-corrected chi connectivity index (χ3v) is 4.08. The zero-order valence-corrected chi connectivity index (χ0v) is 14.1. The summed E-state index contributed by atoms with van der Waals surface area (Å²) >= 11 is 0. The summed E-state index contributed by atoms with van der Waals surface area (Å²) in [5.41, 5.74) is 4.70. The van der Waals surface area contributed by atoms with Gasteiger partial charge >= 0.3 is 0 Å². The van der Waals surface area contributed by atoms with Crippen molar-refractivity contribution in [1.82, 2.24) is 0 Å². The molecule has 25 heavy (non-hydrogen) atoms. The first-order chi connectivity index (χ1) is 12.2. The van der Waals surface area contributed by atoms with Gasteiger partial charge in [-0.25, -0.2) is 0 Å². The van der Waals surface area contributed by atoms with E-state index in [0.717, 1.165) is 33.9 Å². The molecule has 2 N–H and O–H groups in total. The van der Waals surface area contributed by atoms with Gasteiger partial charge in [0.2, 0.25) is 0 Å². The van der Waals surface area contributed by atoms with E-state index in [2.05, 4.69) is 4.90 Å². The van der Waals surface area contributed by atoms with Crippen LogP contribution in [0.1, 0.15) is 11.1 Å². The molecule has 4 heteroatoms. The summed E-state index contributed by atoms with van der Waals surface area (Å²) in [6, 6.07) is 23.4. The highest BCUT2D eigenvalue weighted by molar-refractivity contribution is 5.76. The Labute approximate surface area is 147 Å². The number of benzene rings is 3. The maximum atomic E-state index is 9.27. The number of rotatable bonds is 6. The number of anilines is 3. The lowest BCUT2D eigenvalue weighted by Crippen LogP contribution is -2.10. The third-order valence-electron chi connectivity index (χ3n) is 4.08. The molecule has 0 saturated carbocycles. The van der Waals surface area contributed by atoms with E-state index in [4.69, 9.17) is 4.74 Å². The van der Waals surface area contributed by atoms with Gasteiger partial charge in [0.25, 0.3) is 0 Å². The Hall–Kier alpha value is -2.82. The Balaban J connectivity index is 2.04. The van der Waals surface area contributed by atoms with Gasteiger partial charge in [0.1, 0.15) is 5.75 Å². The lowest BCUT2D eigenvalue weighted by Gasteiger charge is -2.26. The van der Waals surface area contributed by atoms with Crippen molar-refractivity contribution >= 4 is 17.1 Å². The molecular weight excluding hydrogens is 314 g/mol. The Morgan fingerprint density at radius 3 is 1.32 bits per heavy atom. The van der Waals surface area contributed by atoms with Crippen molar-refractivity contribution in [2.24, 2.45) is 0 Å². The summed E-state index contributed by atoms with van der Waals surface area (Å²) in [5, 5.41) is 18.5. The second kappa shape index (κ2) is 7.83. The highest BCUT2D eigenvalue weighted by Gasteiger charge is 2.12. The van der Waals surface area contributed by atoms with Crippen molar-refractivity contribution in [3.8, 4) is 5.75 Å². The van der Waals surface area contributed by atoms with Crippen molar-refractivity contribution < 1.29 is 14.9 Å². The summed E-state index contributed by atoms with van der Waals surface area (Å²) in [7, 11) is 1.65. The molecule has 0 aliphatic rings. The summed E-state index contributed by atoms with van der Waals surface area (Å²) in [4.78, 5) is 2.11. The first-order valence-electron chi connectivity index (χ1n) is 8.09. The van der Waals surface area contributed by atoms with E-state index < -0.39 is 0 Å². The van der Waals surface area contributed by atoms with E-state index in [1.165, 1.54) is 0 Å². The van der Waals surface area contributed by atoms with E-state index in [-0.39, 0.29) is 13.2 Å². The average Bonchev–Trinajstić information content (AvgIpc) is 2.70. The molecule has 0 aliphatic heterocycles. The maximum Gasteiger partial charge on any atom is 0.119 e. The number of aliphatic hydroxyl groups is 2. The maximum absolute atomic E-state index is 9.27. The van der Waals surface area contributed by atoms with Crippen LogP contribution in [-0.4, -0.2) is 17.3 Å². The fourth-order valence-electron chi connectivity index (χ4n) is 2.68. The number of nitrogens with zero attached hydrogens (tertiary/aromatic N) is 1. The van der Waals surface area contributed by atoms with Crippen molar-refractivity contribution in [2.75, 3.05) is 12.0 Å². The predicted molar refractivity (Wildman–Crippen MR) is 99.5 cm³/mol. The molecule has 0 aromatic heterocycles. The monoisotopic (exact) mass is 335 g/mol. The van der Waals surface area contributed by atoms with Gasteiger partial charge in [-0.3, -0.25) is 0 Å². The minimum absolute atomic E-state index is 0.0218. The average molecular weight is 335 g/mol. The van der Waals surface area contributed by atoms with Gasteiger partial charge in [-0.2, -0.15) is 0 Å². The van der Waals surface area contributed by atoms with Crippen molar-refractivity contribution in [3.63, 3.8) is 0 Å². The predicted octanol–water partition coefficient (Wildman–Crippen LogP) is 4.15. The van der Waals surface area contributed by atoms with E-state index in [1.54, 1.807) is 7.11 Å². The van der Waals surface area contributed by atoms with Crippen LogP contribution in [-0.2, 0) is 13.2 Å². The quantitative estimate of drug-likeness (QED) is 0.710. The number of hydrogen-bond acceptors (Lipinski definition) is 4. The minimum Gasteiger partial charge on any atom is -0.497 e. The number of methoxy groups -OCH3 is 1. The Morgan fingerprint density at radius 2 is 1.00 bits per heavy atom. The molecule has 3 aromatic rings. The molecule has 0 atom stereocenters. The van der Waals surface area contributed by atoms with Crippen LogP contribution >= 0.6 is 0 Å². The van der Waals surface area contributed by atoms with Gasteiger partial charge in [0, 0.05) is 17.1 Å². The Kier molecular flexibility index (Phi) is 5.33. The second-order valence-corrected chi connectivity index (χ2v) is 5.68. The lowest BCUT2D eigenvalue weighted by atomic mass is 10.1. The molecule has 3 aromatic carbocycles. The molecule has 0 aliphatic carbocycles. The van der Waals surface area contributed by atoms with E-state index in [0.29, 0.717) is 0 Å². The van der Waals surface area contributed by atoms with Crippen LogP contribution in [0.4, 0.5) is 17.1 Å². The van der Waals surface area contributed by atoms with Crippen LogP contribution in [0, 0.1) is 0 Å². The normalized spacial score (nSPS) is 10.5. The van der Waals surface area contributed by atoms with Crippen LogP contribution in [0.15, 0.2) is 72.8 Å². The van der Waals surface area contributed by atoms with Gasteiger partial charge in [-0.05, 0) is 59.7 Å². The van der Waals surface area contributed by atoms with Gasteiger partial charge in [-0.15, -0.1) is 0 Å². The van der Waals surface area contributed by atoms with Crippen LogP contribution in [0.25, 0.3) is 0 Å². The summed E-state index contributed by atoms with van der Waals surface area (Å²) in [6.45, 7) is 0.0437. The number of aliphatic hydroxyl groups excluding tert-OH is 2. The SMILES string of the molecule is COc1ccc(N(c2ccc(CO)cc2)c2ccc(CO)cc2)cc1. The summed E-state index contributed by atoms with van der Waals surface area (Å²) in [6.07, 6.45) is 0. The molecule has 0 radical (unpaired) electrons. The van der Waals surface area contributed by atoms with Crippen LogP contribution in [0.3, 0.4) is 0 Å². The lowest BCUT2D eigenvalue weighted by molar-refractivity contribution is 0.281. The third kappa shape index (κ3) is 3.82. The smallest absolute Gasteiger partial charge is 0.119 e. The first kappa shape index (κ1) is 17.0. The summed E-state index contributed by atoms with van der Waals surface area (Å²) < 4.78 is 5.25. The van der Waals surface area contributed by atoms with Crippen molar-refractivity contribution in [3.05, 3.63) is 83.9 Å². The molecule has 0 bridgehead atoms. The Bertz CT molecular complexity index is 683. The molecule has 0 spiro atoms. The molecule has 0 fully saturated rings. The molecule has 4 nitrogen and oxygen atoms in total. The van der Waals surface area contributed by atoms with Crippen LogP contribution in [0.2, 0.25) is 0 Å². The standard InChI is InChI=1S/C21H21NO3/c1-25-21-12-10-20(11-13-21)22(18-6-2-16(14-23)3-7-18)19-8-4-17(15-24)5-9-19/h2-13,23-24H,14-15H2,1H3. The van der Waals surface area contributed by atoms with E-state index >= 15 is 0 Å². The number of hydrogen-bond donors (Lipinski definition) is 2. The molecule has 0 heterocycles. The first-order valence-corrected chi connectivity index (χ1v) is 8.09. The van der Waals surface area contributed by atoms with Crippen LogP contribution in [0.5, 0.6) is 5.75 Å². The Morgan fingerprint density at radius 1 is 0.640 bits per heavy atom. The molecule has 0 unspecified atom stereocenters.